The van der Waals surface area contributed by atoms with E-state index in [4.69, 9.17) is 11.2 Å². The lowest BCUT2D eigenvalue weighted by Crippen LogP contribution is -2.51. The highest BCUT2D eigenvalue weighted by Crippen LogP contribution is 2.43. The maximum atomic E-state index is 13.6. The molecule has 0 radical (unpaired) electrons. The van der Waals surface area contributed by atoms with E-state index < -0.39 is 12.1 Å². The first-order valence-corrected chi connectivity index (χ1v) is 11.5. The normalized spacial score (nSPS) is 22.4. The van der Waals surface area contributed by atoms with Gasteiger partial charge < -0.3 is 24.9 Å². The fraction of sp³-hybridized carbons (Fsp3) is 0.400. The molecule has 9 heteroatoms. The molecule has 1 aliphatic carbocycles. The minimum absolute atomic E-state index is 0.0938. The van der Waals surface area contributed by atoms with Crippen LogP contribution in [0.4, 0.5) is 0 Å². The number of terminal acetylenes is 1. The summed E-state index contributed by atoms with van der Waals surface area (Å²) in [6, 6.07) is 6.09. The number of nitrogens with one attached hydrogen (secondary N) is 3. The SMILES string of the molecule is C#C[C@H](Cn1cc[nH]c1=O)NC(=O)[C@@H]1[C@H]2CCC[C@H]2CN1C(=O)c1cc2c(OC)cccc2[nH]1. The van der Waals surface area contributed by atoms with Gasteiger partial charge in [0.1, 0.15) is 23.5 Å². The number of H-pyrrole nitrogens is 2. The number of aromatic amines is 2. The second-order valence-electron chi connectivity index (χ2n) is 9.01. The van der Waals surface area contributed by atoms with Crippen LogP contribution in [0, 0.1) is 24.2 Å². The van der Waals surface area contributed by atoms with Gasteiger partial charge in [-0.25, -0.2) is 4.79 Å². The molecule has 0 bridgehead atoms. The molecule has 34 heavy (non-hydrogen) atoms. The molecule has 2 aliphatic rings. The third kappa shape index (κ3) is 3.75. The largest absolute Gasteiger partial charge is 0.496 e. The van der Waals surface area contributed by atoms with Crippen LogP contribution in [0.1, 0.15) is 29.8 Å². The van der Waals surface area contributed by atoms with Crippen molar-refractivity contribution in [1.82, 2.24) is 24.8 Å². The number of imidazole rings is 1. The molecule has 0 spiro atoms. The summed E-state index contributed by atoms with van der Waals surface area (Å²) in [5.41, 5.74) is 0.925. The molecular formula is C25H27N5O4. The Kier molecular flexibility index (Phi) is 5.65. The Balaban J connectivity index is 1.40. The molecule has 4 atom stereocenters. The topological polar surface area (TPSA) is 112 Å². The molecule has 2 fully saturated rings. The summed E-state index contributed by atoms with van der Waals surface area (Å²) in [5.74, 6) is 3.13. The van der Waals surface area contributed by atoms with Crippen molar-refractivity contribution < 1.29 is 14.3 Å². The molecular weight excluding hydrogens is 434 g/mol. The smallest absolute Gasteiger partial charge is 0.325 e. The van der Waals surface area contributed by atoms with Crippen molar-refractivity contribution >= 4 is 22.7 Å². The minimum Gasteiger partial charge on any atom is -0.496 e. The zero-order valence-corrected chi connectivity index (χ0v) is 18.9. The first-order chi connectivity index (χ1) is 16.5. The quantitative estimate of drug-likeness (QED) is 0.485. The Bertz CT molecular complexity index is 1330. The van der Waals surface area contributed by atoms with Gasteiger partial charge in [0.2, 0.25) is 5.91 Å². The third-order valence-electron chi connectivity index (χ3n) is 7.11. The van der Waals surface area contributed by atoms with E-state index in [2.05, 4.69) is 21.2 Å². The summed E-state index contributed by atoms with van der Waals surface area (Å²) < 4.78 is 6.83. The molecule has 1 aromatic carbocycles. The number of likely N-dealkylation sites (tertiary alicyclic amines) is 1. The van der Waals surface area contributed by atoms with Crippen molar-refractivity contribution in [2.24, 2.45) is 11.8 Å². The van der Waals surface area contributed by atoms with Gasteiger partial charge in [-0.05, 0) is 42.9 Å². The molecule has 176 valence electrons. The van der Waals surface area contributed by atoms with Gasteiger partial charge in [0.25, 0.3) is 5.91 Å². The molecule has 3 heterocycles. The Morgan fingerprint density at radius 1 is 1.35 bits per heavy atom. The zero-order chi connectivity index (χ0) is 23.8. The molecule has 1 aliphatic heterocycles. The lowest BCUT2D eigenvalue weighted by Gasteiger charge is -2.28. The summed E-state index contributed by atoms with van der Waals surface area (Å²) in [4.78, 5) is 46.3. The van der Waals surface area contributed by atoms with E-state index in [0.29, 0.717) is 18.0 Å². The highest BCUT2D eigenvalue weighted by Gasteiger charge is 2.49. The van der Waals surface area contributed by atoms with E-state index in [-0.39, 0.29) is 35.9 Å². The molecule has 1 saturated carbocycles. The van der Waals surface area contributed by atoms with Crippen molar-refractivity contribution in [1.29, 1.82) is 0 Å². The molecule has 3 N–H and O–H groups in total. The van der Waals surface area contributed by atoms with Crippen LogP contribution in [0.3, 0.4) is 0 Å². The van der Waals surface area contributed by atoms with Crippen molar-refractivity contribution in [3.8, 4) is 18.1 Å². The number of carbonyl (C=O) groups excluding carboxylic acids is 2. The van der Waals surface area contributed by atoms with Crippen LogP contribution in [0.15, 0.2) is 41.5 Å². The van der Waals surface area contributed by atoms with Gasteiger partial charge in [0.15, 0.2) is 0 Å². The van der Waals surface area contributed by atoms with Gasteiger partial charge in [-0.1, -0.05) is 18.4 Å². The number of ether oxygens (including phenoxy) is 1. The summed E-state index contributed by atoms with van der Waals surface area (Å²) >= 11 is 0. The van der Waals surface area contributed by atoms with Gasteiger partial charge in [-0.3, -0.25) is 14.2 Å². The summed E-state index contributed by atoms with van der Waals surface area (Å²) in [6.45, 7) is 0.688. The van der Waals surface area contributed by atoms with Crippen LogP contribution in [0.5, 0.6) is 5.75 Å². The number of methoxy groups -OCH3 is 1. The third-order valence-corrected chi connectivity index (χ3v) is 7.11. The van der Waals surface area contributed by atoms with Gasteiger partial charge in [0.05, 0.1) is 13.7 Å². The number of aromatic nitrogens is 3. The molecule has 2 aromatic heterocycles. The molecule has 0 unspecified atom stereocenters. The van der Waals surface area contributed by atoms with Crippen LogP contribution >= 0.6 is 0 Å². The number of rotatable bonds is 6. The summed E-state index contributed by atoms with van der Waals surface area (Å²) in [5, 5.41) is 3.71. The standard InChI is InChI=1S/C25H27N5O4/c1-3-16(14-29-11-10-26-25(29)33)27-23(31)22-17-7-4-6-15(17)13-30(22)24(32)20-12-18-19(28-20)8-5-9-21(18)34-2/h1,5,8-12,15-17,22,28H,4,6-7,13-14H2,2H3,(H,26,33)(H,27,31)/t15-,16+,17-,22-/m0/s1. The number of hydrogen-bond donors (Lipinski definition) is 3. The van der Waals surface area contributed by atoms with E-state index in [1.165, 1.54) is 10.8 Å². The number of benzene rings is 1. The fourth-order valence-electron chi connectivity index (χ4n) is 5.51. The molecule has 9 nitrogen and oxygen atoms in total. The molecule has 5 rings (SSSR count). The lowest BCUT2D eigenvalue weighted by molar-refractivity contribution is -0.126. The maximum absolute atomic E-state index is 13.6. The second kappa shape index (κ2) is 8.78. The average molecular weight is 462 g/mol. The highest BCUT2D eigenvalue weighted by atomic mass is 16.5. The fourth-order valence-corrected chi connectivity index (χ4v) is 5.51. The first kappa shape index (κ1) is 21.9. The van der Waals surface area contributed by atoms with Crippen LogP contribution in [-0.4, -0.2) is 57.0 Å². The second-order valence-corrected chi connectivity index (χ2v) is 9.01. The number of nitrogens with zero attached hydrogens (tertiary/aromatic N) is 2. The van der Waals surface area contributed by atoms with Crippen LogP contribution in [0.25, 0.3) is 10.9 Å². The minimum atomic E-state index is -0.671. The predicted molar refractivity (Wildman–Crippen MR) is 126 cm³/mol. The number of amides is 2. The summed E-state index contributed by atoms with van der Waals surface area (Å²) in [6.07, 6.45) is 11.7. The van der Waals surface area contributed by atoms with E-state index in [9.17, 15) is 14.4 Å². The average Bonchev–Trinajstić information content (AvgIpc) is 3.61. The zero-order valence-electron chi connectivity index (χ0n) is 18.9. The van der Waals surface area contributed by atoms with Gasteiger partial charge in [-0.2, -0.15) is 0 Å². The predicted octanol–water partition coefficient (Wildman–Crippen LogP) is 1.73. The summed E-state index contributed by atoms with van der Waals surface area (Å²) in [7, 11) is 1.59. The Labute approximate surface area is 196 Å². The van der Waals surface area contributed by atoms with Crippen LogP contribution < -0.4 is 15.7 Å². The van der Waals surface area contributed by atoms with Gasteiger partial charge in [0, 0.05) is 29.8 Å². The van der Waals surface area contributed by atoms with Crippen molar-refractivity contribution in [2.45, 2.75) is 37.9 Å². The van der Waals surface area contributed by atoms with Crippen LogP contribution in [-0.2, 0) is 11.3 Å². The maximum Gasteiger partial charge on any atom is 0.325 e. The van der Waals surface area contributed by atoms with E-state index in [0.717, 1.165) is 30.2 Å². The Morgan fingerprint density at radius 3 is 2.94 bits per heavy atom. The molecule has 3 aromatic rings. The number of hydrogen-bond acceptors (Lipinski definition) is 4. The van der Waals surface area contributed by atoms with Gasteiger partial charge in [-0.15, -0.1) is 6.42 Å². The van der Waals surface area contributed by atoms with Crippen LogP contribution in [0.2, 0.25) is 0 Å². The molecule has 1 saturated heterocycles. The van der Waals surface area contributed by atoms with Crippen molar-refractivity contribution in [3.63, 3.8) is 0 Å². The van der Waals surface area contributed by atoms with E-state index in [1.807, 2.05) is 18.2 Å². The molecule has 2 amide bonds. The first-order valence-electron chi connectivity index (χ1n) is 11.5. The number of carbonyl (C=O) groups is 2. The van der Waals surface area contributed by atoms with E-state index >= 15 is 0 Å². The lowest BCUT2D eigenvalue weighted by atomic mass is 9.93. The number of fused-ring (bicyclic) bond motifs is 2. The highest BCUT2D eigenvalue weighted by molar-refractivity contribution is 6.02. The Hall–Kier alpha value is -3.93. The van der Waals surface area contributed by atoms with Crippen molar-refractivity contribution in [3.05, 3.63) is 52.8 Å². The van der Waals surface area contributed by atoms with Gasteiger partial charge >= 0.3 is 5.69 Å². The van der Waals surface area contributed by atoms with E-state index in [1.54, 1.807) is 24.3 Å². The van der Waals surface area contributed by atoms with Crippen molar-refractivity contribution in [2.75, 3.05) is 13.7 Å². The monoisotopic (exact) mass is 461 g/mol. The Morgan fingerprint density at radius 2 is 2.21 bits per heavy atom.